The van der Waals surface area contributed by atoms with Crippen LogP contribution in [0, 0.1) is 11.3 Å². The molecule has 0 unspecified atom stereocenters. The molecule has 194 valence electrons. The molecule has 0 saturated carbocycles. The number of ether oxygens (including phenoxy) is 1. The standard InChI is InChI=1S/C29H28N6O2.ClH/c1-3-37-24-14-10-22(11-15-24)27-25-6-4-5-7-26(25)28(33-32-27)34-16-17-35(20(2)19-34)29(36)31-23-12-8-21(18-30)9-13-23;/h4-15,20H,3,16-17,19H2,1-2H3,(H,31,36);1H/t20-;/m0./s1. The van der Waals surface area contributed by atoms with Gasteiger partial charge in [-0.3, -0.25) is 0 Å². The summed E-state index contributed by atoms with van der Waals surface area (Å²) in [6.45, 7) is 6.47. The van der Waals surface area contributed by atoms with E-state index in [2.05, 4.69) is 38.6 Å². The number of hydrogen-bond acceptors (Lipinski definition) is 6. The van der Waals surface area contributed by atoms with Crippen LogP contribution in [0.2, 0.25) is 0 Å². The van der Waals surface area contributed by atoms with Crippen LogP contribution in [0.3, 0.4) is 0 Å². The third-order valence-electron chi connectivity index (χ3n) is 6.56. The van der Waals surface area contributed by atoms with Gasteiger partial charge in [0, 0.05) is 47.7 Å². The fourth-order valence-electron chi connectivity index (χ4n) is 4.69. The maximum atomic E-state index is 12.9. The summed E-state index contributed by atoms with van der Waals surface area (Å²) in [5.74, 6) is 1.65. The van der Waals surface area contributed by atoms with Crippen LogP contribution in [0.4, 0.5) is 16.3 Å². The lowest BCUT2D eigenvalue weighted by Gasteiger charge is -2.40. The molecule has 1 aromatic heterocycles. The van der Waals surface area contributed by atoms with Crippen molar-refractivity contribution in [1.82, 2.24) is 15.1 Å². The minimum atomic E-state index is -0.154. The first-order chi connectivity index (χ1) is 18.1. The molecule has 5 rings (SSSR count). The lowest BCUT2D eigenvalue weighted by atomic mass is 10.0. The number of rotatable bonds is 5. The van der Waals surface area contributed by atoms with E-state index < -0.39 is 0 Å². The van der Waals surface area contributed by atoms with E-state index in [-0.39, 0.29) is 24.5 Å². The van der Waals surface area contributed by atoms with Crippen LogP contribution >= 0.6 is 12.4 Å². The topological polar surface area (TPSA) is 94.4 Å². The summed E-state index contributed by atoms with van der Waals surface area (Å²) in [7, 11) is 0. The number of halogens is 1. The Bertz CT molecular complexity index is 1450. The molecule has 3 aromatic carbocycles. The number of nitrogens with zero attached hydrogens (tertiary/aromatic N) is 5. The van der Waals surface area contributed by atoms with E-state index in [1.54, 1.807) is 24.3 Å². The molecule has 1 saturated heterocycles. The van der Waals surface area contributed by atoms with E-state index in [0.29, 0.717) is 37.5 Å². The van der Waals surface area contributed by atoms with Gasteiger partial charge in [-0.25, -0.2) is 4.79 Å². The number of nitriles is 1. The van der Waals surface area contributed by atoms with Gasteiger partial charge in [-0.2, -0.15) is 5.26 Å². The summed E-state index contributed by atoms with van der Waals surface area (Å²) >= 11 is 0. The first-order valence-electron chi connectivity index (χ1n) is 12.4. The lowest BCUT2D eigenvalue weighted by molar-refractivity contribution is 0.184. The molecule has 38 heavy (non-hydrogen) atoms. The van der Waals surface area contributed by atoms with E-state index >= 15 is 0 Å². The van der Waals surface area contributed by atoms with E-state index in [9.17, 15) is 4.79 Å². The van der Waals surface area contributed by atoms with Crippen molar-refractivity contribution in [2.45, 2.75) is 19.9 Å². The van der Waals surface area contributed by atoms with Crippen LogP contribution < -0.4 is 15.0 Å². The number of benzene rings is 3. The number of piperazine rings is 1. The highest BCUT2D eigenvalue weighted by molar-refractivity contribution is 6.00. The van der Waals surface area contributed by atoms with Gasteiger partial charge >= 0.3 is 6.03 Å². The molecule has 9 heteroatoms. The predicted octanol–water partition coefficient (Wildman–Crippen LogP) is 5.73. The van der Waals surface area contributed by atoms with Gasteiger partial charge in [-0.1, -0.05) is 24.3 Å². The highest BCUT2D eigenvalue weighted by atomic mass is 35.5. The Morgan fingerprint density at radius 2 is 1.74 bits per heavy atom. The minimum absolute atomic E-state index is 0. The zero-order valence-corrected chi connectivity index (χ0v) is 22.1. The number of carbonyl (C=O) groups is 1. The van der Waals surface area contributed by atoms with Gasteiger partial charge in [-0.15, -0.1) is 22.6 Å². The van der Waals surface area contributed by atoms with Gasteiger partial charge in [0.25, 0.3) is 0 Å². The van der Waals surface area contributed by atoms with Crippen molar-refractivity contribution in [3.05, 3.63) is 78.4 Å². The Labute approximate surface area is 228 Å². The van der Waals surface area contributed by atoms with Crippen molar-refractivity contribution >= 4 is 40.7 Å². The molecule has 8 nitrogen and oxygen atoms in total. The second kappa shape index (κ2) is 11.8. The van der Waals surface area contributed by atoms with E-state index in [0.717, 1.165) is 33.6 Å². The first kappa shape index (κ1) is 26.7. The molecular weight excluding hydrogens is 500 g/mol. The molecule has 1 aliphatic heterocycles. The Hall–Kier alpha value is -4.35. The molecule has 1 atom stereocenters. The normalized spacial score (nSPS) is 14.9. The highest BCUT2D eigenvalue weighted by Gasteiger charge is 2.29. The molecule has 1 aliphatic rings. The number of hydrogen-bond donors (Lipinski definition) is 1. The summed E-state index contributed by atoms with van der Waals surface area (Å²) in [6, 6.07) is 24.9. The number of fused-ring (bicyclic) bond motifs is 1. The van der Waals surface area contributed by atoms with Gasteiger partial charge in [0.1, 0.15) is 11.4 Å². The summed E-state index contributed by atoms with van der Waals surface area (Å²) < 4.78 is 5.57. The van der Waals surface area contributed by atoms with Crippen molar-refractivity contribution in [3.8, 4) is 23.1 Å². The van der Waals surface area contributed by atoms with Gasteiger partial charge in [-0.05, 0) is 62.4 Å². The molecule has 0 radical (unpaired) electrons. The average Bonchev–Trinajstić information content (AvgIpc) is 2.93. The Balaban J connectivity index is 0.00000336. The first-order valence-corrected chi connectivity index (χ1v) is 12.4. The SMILES string of the molecule is CCOc1ccc(-c2nnc(N3CCN(C(=O)Nc4ccc(C#N)cc4)[C@@H](C)C3)c3ccccc23)cc1.Cl. The van der Waals surface area contributed by atoms with E-state index in [4.69, 9.17) is 10.00 Å². The number of carbonyl (C=O) groups excluding carboxylic acids is 1. The van der Waals surface area contributed by atoms with E-state index in [1.807, 2.05) is 55.1 Å². The molecule has 4 aromatic rings. The number of anilines is 2. The summed E-state index contributed by atoms with van der Waals surface area (Å²) in [5.41, 5.74) is 3.04. The minimum Gasteiger partial charge on any atom is -0.494 e. The smallest absolute Gasteiger partial charge is 0.322 e. The quantitative estimate of drug-likeness (QED) is 0.355. The average molecular weight is 529 g/mol. The molecule has 0 aliphatic carbocycles. The molecule has 1 fully saturated rings. The zero-order chi connectivity index (χ0) is 25.8. The Morgan fingerprint density at radius 3 is 2.39 bits per heavy atom. The second-order valence-electron chi connectivity index (χ2n) is 8.98. The van der Waals surface area contributed by atoms with Gasteiger partial charge in [0.05, 0.1) is 18.2 Å². The summed E-state index contributed by atoms with van der Waals surface area (Å²) in [4.78, 5) is 17.0. The van der Waals surface area contributed by atoms with Crippen LogP contribution in [-0.2, 0) is 0 Å². The maximum absolute atomic E-state index is 12.9. The number of nitrogens with one attached hydrogen (secondary N) is 1. The van der Waals surface area contributed by atoms with Crippen LogP contribution in [0.25, 0.3) is 22.0 Å². The second-order valence-corrected chi connectivity index (χ2v) is 8.98. The molecule has 2 heterocycles. The van der Waals surface area contributed by atoms with Crippen molar-refractivity contribution in [2.75, 3.05) is 36.5 Å². The van der Waals surface area contributed by atoms with Crippen LogP contribution in [-0.4, -0.2) is 53.4 Å². The highest BCUT2D eigenvalue weighted by Crippen LogP contribution is 2.33. The summed E-state index contributed by atoms with van der Waals surface area (Å²) in [6.07, 6.45) is 0. The van der Waals surface area contributed by atoms with Crippen LogP contribution in [0.1, 0.15) is 19.4 Å². The molecule has 0 bridgehead atoms. The number of amides is 2. The maximum Gasteiger partial charge on any atom is 0.322 e. The van der Waals surface area contributed by atoms with Gasteiger partial charge in [0.15, 0.2) is 5.82 Å². The largest absolute Gasteiger partial charge is 0.494 e. The zero-order valence-electron chi connectivity index (χ0n) is 21.3. The molecule has 2 amide bonds. The van der Waals surface area contributed by atoms with Gasteiger partial charge in [0.2, 0.25) is 0 Å². The Kier molecular flexibility index (Phi) is 8.29. The van der Waals surface area contributed by atoms with Crippen LogP contribution in [0.15, 0.2) is 72.8 Å². The van der Waals surface area contributed by atoms with Crippen molar-refractivity contribution < 1.29 is 9.53 Å². The third kappa shape index (κ3) is 5.48. The van der Waals surface area contributed by atoms with E-state index in [1.165, 1.54) is 0 Å². The lowest BCUT2D eigenvalue weighted by Crippen LogP contribution is -2.55. The van der Waals surface area contributed by atoms with Crippen molar-refractivity contribution in [1.29, 1.82) is 5.26 Å². The summed E-state index contributed by atoms with van der Waals surface area (Å²) in [5, 5.41) is 23.3. The predicted molar refractivity (Wildman–Crippen MR) is 152 cm³/mol. The van der Waals surface area contributed by atoms with Crippen molar-refractivity contribution in [3.63, 3.8) is 0 Å². The molecule has 1 N–H and O–H groups in total. The molecule has 0 spiro atoms. The van der Waals surface area contributed by atoms with Crippen molar-refractivity contribution in [2.24, 2.45) is 0 Å². The Morgan fingerprint density at radius 1 is 1.03 bits per heavy atom. The third-order valence-corrected chi connectivity index (χ3v) is 6.56. The monoisotopic (exact) mass is 528 g/mol. The number of urea groups is 1. The fourth-order valence-corrected chi connectivity index (χ4v) is 4.69. The van der Waals surface area contributed by atoms with Crippen LogP contribution in [0.5, 0.6) is 5.75 Å². The molecular formula is C29H29ClN6O2. The number of aromatic nitrogens is 2. The fraction of sp³-hybridized carbons (Fsp3) is 0.241. The van der Waals surface area contributed by atoms with Gasteiger partial charge < -0.3 is 19.9 Å².